The number of aliphatic hydroxyl groups excluding tert-OH is 1. The van der Waals surface area contributed by atoms with E-state index < -0.39 is 6.10 Å². The summed E-state index contributed by atoms with van der Waals surface area (Å²) in [5.74, 6) is 0. The lowest BCUT2D eigenvalue weighted by Gasteiger charge is -2.31. The lowest BCUT2D eigenvalue weighted by Crippen LogP contribution is -2.31. The van der Waals surface area contributed by atoms with Crippen molar-refractivity contribution in [2.45, 2.75) is 38.0 Å². The van der Waals surface area contributed by atoms with Gasteiger partial charge in [0.1, 0.15) is 0 Å². The van der Waals surface area contributed by atoms with Crippen molar-refractivity contribution in [3.8, 4) is 0 Å². The second kappa shape index (κ2) is 5.97. The number of aliphatic hydroxyl groups is 1. The average Bonchev–Trinajstić information content (AvgIpc) is 3.25. The highest BCUT2D eigenvalue weighted by Crippen LogP contribution is 2.43. The minimum absolute atomic E-state index is 0.510. The first-order chi connectivity index (χ1) is 12.3. The zero-order valence-corrected chi connectivity index (χ0v) is 14.3. The van der Waals surface area contributed by atoms with Crippen molar-refractivity contribution >= 4 is 10.9 Å². The van der Waals surface area contributed by atoms with Crippen molar-refractivity contribution in [3.63, 3.8) is 0 Å². The van der Waals surface area contributed by atoms with E-state index in [1.54, 1.807) is 12.4 Å². The normalized spacial score (nSPS) is 21.2. The van der Waals surface area contributed by atoms with Gasteiger partial charge in [-0.25, -0.2) is 0 Å². The lowest BCUT2D eigenvalue weighted by atomic mass is 9.96. The van der Waals surface area contributed by atoms with Gasteiger partial charge in [-0.15, -0.1) is 0 Å². The van der Waals surface area contributed by atoms with Crippen molar-refractivity contribution in [1.82, 2.24) is 14.5 Å². The maximum Gasteiger partial charge on any atom is 0.0970 e. The van der Waals surface area contributed by atoms with Gasteiger partial charge in [-0.3, -0.25) is 9.88 Å². The molecule has 0 radical (unpaired) electrons. The number of hydrogen-bond acceptors (Lipinski definition) is 3. The van der Waals surface area contributed by atoms with E-state index in [-0.39, 0.29) is 0 Å². The molecule has 0 aliphatic carbocycles. The molecule has 1 N–H and O–H groups in total. The van der Waals surface area contributed by atoms with E-state index >= 15 is 0 Å². The third-order valence-corrected chi connectivity index (χ3v) is 5.90. The van der Waals surface area contributed by atoms with Crippen LogP contribution in [0.4, 0.5) is 0 Å². The van der Waals surface area contributed by atoms with Gasteiger partial charge in [0.2, 0.25) is 0 Å². The van der Waals surface area contributed by atoms with Crippen LogP contribution >= 0.6 is 0 Å². The van der Waals surface area contributed by atoms with Gasteiger partial charge in [-0.1, -0.05) is 18.2 Å². The van der Waals surface area contributed by atoms with Crippen molar-refractivity contribution in [2.24, 2.45) is 0 Å². The van der Waals surface area contributed by atoms with Crippen LogP contribution in [-0.4, -0.2) is 32.6 Å². The van der Waals surface area contributed by atoms with Gasteiger partial charge < -0.3 is 9.67 Å². The Bertz CT molecular complexity index is 902. The third-order valence-electron chi connectivity index (χ3n) is 5.90. The first-order valence-corrected chi connectivity index (χ1v) is 9.25. The molecule has 128 valence electrons. The number of aromatic nitrogens is 2. The summed E-state index contributed by atoms with van der Waals surface area (Å²) in [5, 5.41) is 12.2. The van der Waals surface area contributed by atoms with E-state index in [9.17, 15) is 5.11 Å². The van der Waals surface area contributed by atoms with E-state index in [0.29, 0.717) is 12.6 Å². The van der Waals surface area contributed by atoms with Gasteiger partial charge in [-0.2, -0.15) is 0 Å². The Labute approximate surface area is 147 Å². The number of nitrogens with zero attached hydrogens (tertiary/aromatic N) is 3. The Hall–Kier alpha value is -2.17. The molecule has 0 spiro atoms. The summed E-state index contributed by atoms with van der Waals surface area (Å²) in [7, 11) is 0. The maximum atomic E-state index is 10.8. The van der Waals surface area contributed by atoms with Gasteiger partial charge >= 0.3 is 0 Å². The van der Waals surface area contributed by atoms with Gasteiger partial charge in [0, 0.05) is 48.0 Å². The summed E-state index contributed by atoms with van der Waals surface area (Å²) in [6.07, 6.45) is 6.61. The van der Waals surface area contributed by atoms with Gasteiger partial charge in [0.05, 0.1) is 12.6 Å². The number of rotatable bonds is 3. The molecule has 1 saturated heterocycles. The number of fused-ring (bicyclic) bond motifs is 5. The highest BCUT2D eigenvalue weighted by Gasteiger charge is 2.35. The molecule has 2 unspecified atom stereocenters. The van der Waals surface area contributed by atoms with E-state index in [4.69, 9.17) is 0 Å². The van der Waals surface area contributed by atoms with Crippen molar-refractivity contribution in [3.05, 3.63) is 65.6 Å². The average molecular weight is 333 g/mol. The molecule has 5 rings (SSSR count). The smallest absolute Gasteiger partial charge is 0.0970 e. The Morgan fingerprint density at radius 1 is 1.12 bits per heavy atom. The van der Waals surface area contributed by atoms with Crippen LogP contribution in [0.2, 0.25) is 0 Å². The zero-order chi connectivity index (χ0) is 16.8. The standard InChI is InChI=1S/C21H23N3O/c25-20(15-7-10-22-11-8-15)14-24-17-5-2-1-4-16(17)21-18-6-3-12-23(18)13-9-19(21)24/h1-2,4-5,7-8,10-11,18,20,25H,3,6,9,12-14H2. The molecule has 1 aromatic carbocycles. The van der Waals surface area contributed by atoms with E-state index in [1.807, 2.05) is 12.1 Å². The molecule has 25 heavy (non-hydrogen) atoms. The van der Waals surface area contributed by atoms with Crippen molar-refractivity contribution in [2.75, 3.05) is 13.1 Å². The maximum absolute atomic E-state index is 10.8. The topological polar surface area (TPSA) is 41.3 Å². The highest BCUT2D eigenvalue weighted by molar-refractivity contribution is 5.86. The molecule has 2 aliphatic rings. The van der Waals surface area contributed by atoms with E-state index in [0.717, 1.165) is 18.5 Å². The van der Waals surface area contributed by atoms with Crippen LogP contribution in [0, 0.1) is 0 Å². The molecular formula is C21H23N3O. The van der Waals surface area contributed by atoms with Crippen LogP contribution in [0.25, 0.3) is 10.9 Å². The molecule has 4 heteroatoms. The Balaban J connectivity index is 1.61. The summed E-state index contributed by atoms with van der Waals surface area (Å²) in [5.41, 5.74) is 5.13. The Morgan fingerprint density at radius 3 is 2.84 bits per heavy atom. The highest BCUT2D eigenvalue weighted by atomic mass is 16.3. The summed E-state index contributed by atoms with van der Waals surface area (Å²) < 4.78 is 2.37. The largest absolute Gasteiger partial charge is 0.387 e. The van der Waals surface area contributed by atoms with Gasteiger partial charge in [0.15, 0.2) is 0 Å². The summed E-state index contributed by atoms with van der Waals surface area (Å²) in [6.45, 7) is 2.97. The summed E-state index contributed by atoms with van der Waals surface area (Å²) >= 11 is 0. The first-order valence-electron chi connectivity index (χ1n) is 9.25. The number of benzene rings is 1. The molecule has 1 fully saturated rings. The van der Waals surface area contributed by atoms with Crippen molar-refractivity contribution in [1.29, 1.82) is 0 Å². The summed E-state index contributed by atoms with van der Waals surface area (Å²) in [4.78, 5) is 6.70. The van der Waals surface area contributed by atoms with Crippen LogP contribution in [0.3, 0.4) is 0 Å². The van der Waals surface area contributed by atoms with E-state index in [1.165, 1.54) is 41.5 Å². The van der Waals surface area contributed by atoms with E-state index in [2.05, 4.69) is 38.7 Å². The summed E-state index contributed by atoms with van der Waals surface area (Å²) in [6, 6.07) is 13.1. The Kier molecular flexibility index (Phi) is 3.61. The fraction of sp³-hybridized carbons (Fsp3) is 0.381. The number of hydrogen-bond donors (Lipinski definition) is 1. The monoisotopic (exact) mass is 333 g/mol. The molecule has 2 atom stereocenters. The minimum atomic E-state index is -0.510. The number of pyridine rings is 1. The second-order valence-corrected chi connectivity index (χ2v) is 7.23. The molecule has 2 aromatic heterocycles. The van der Waals surface area contributed by atoms with Gasteiger partial charge in [0.25, 0.3) is 0 Å². The zero-order valence-electron chi connectivity index (χ0n) is 14.3. The fourth-order valence-electron chi connectivity index (χ4n) is 4.77. The molecule has 0 bridgehead atoms. The predicted octanol–water partition coefficient (Wildman–Crippen LogP) is 3.46. The molecule has 3 aromatic rings. The van der Waals surface area contributed by atoms with Crippen LogP contribution in [-0.2, 0) is 13.0 Å². The molecular weight excluding hydrogens is 310 g/mol. The van der Waals surface area contributed by atoms with Crippen LogP contribution in [0.1, 0.15) is 41.8 Å². The molecule has 0 saturated carbocycles. The van der Waals surface area contributed by atoms with Crippen molar-refractivity contribution < 1.29 is 5.11 Å². The first kappa shape index (κ1) is 15.1. The Morgan fingerprint density at radius 2 is 1.96 bits per heavy atom. The third kappa shape index (κ3) is 2.40. The second-order valence-electron chi connectivity index (χ2n) is 7.23. The quantitative estimate of drug-likeness (QED) is 0.798. The number of para-hydroxylation sites is 1. The fourth-order valence-corrected chi connectivity index (χ4v) is 4.77. The van der Waals surface area contributed by atoms with Gasteiger partial charge in [-0.05, 0) is 48.7 Å². The minimum Gasteiger partial charge on any atom is -0.387 e. The SMILES string of the molecule is OC(Cn1c2c(c3ccccc31)C1CCCN1CC2)c1ccncc1. The molecule has 2 aliphatic heterocycles. The van der Waals surface area contributed by atoms with Crippen LogP contribution in [0.5, 0.6) is 0 Å². The van der Waals surface area contributed by atoms with Crippen LogP contribution < -0.4 is 0 Å². The predicted molar refractivity (Wildman–Crippen MR) is 98.4 cm³/mol. The molecule has 0 amide bonds. The van der Waals surface area contributed by atoms with Crippen LogP contribution in [0.15, 0.2) is 48.8 Å². The molecule has 4 heterocycles. The lowest BCUT2D eigenvalue weighted by molar-refractivity contribution is 0.155. The molecule has 4 nitrogen and oxygen atoms in total.